The molecule has 1 rings (SSSR count). The summed E-state index contributed by atoms with van der Waals surface area (Å²) in [5.41, 5.74) is -0.466. The summed E-state index contributed by atoms with van der Waals surface area (Å²) in [6.45, 7) is 7.99. The van der Waals surface area contributed by atoms with E-state index in [1.165, 1.54) is 0 Å². The summed E-state index contributed by atoms with van der Waals surface area (Å²) in [5.74, 6) is -1.82. The molecule has 0 atom stereocenters. The molecular formula is C13H23NO4. The number of carbonyl (C=O) groups is 2. The number of nitrogens with one attached hydrogen (secondary N) is 1. The fourth-order valence-corrected chi connectivity index (χ4v) is 2.22. The molecule has 0 unspecified atom stereocenters. The smallest absolute Gasteiger partial charge is 0.322 e. The predicted octanol–water partition coefficient (Wildman–Crippen LogP) is 1.26. The molecule has 0 aromatic rings. The molecule has 0 aromatic heterocycles. The van der Waals surface area contributed by atoms with Gasteiger partial charge in [0.1, 0.15) is 0 Å². The first kappa shape index (κ1) is 15.0. The molecule has 1 fully saturated rings. The van der Waals surface area contributed by atoms with Crippen molar-refractivity contribution >= 4 is 11.9 Å². The van der Waals surface area contributed by atoms with Gasteiger partial charge in [-0.05, 0) is 26.7 Å². The summed E-state index contributed by atoms with van der Waals surface area (Å²) >= 11 is 0. The van der Waals surface area contributed by atoms with Gasteiger partial charge in [-0.2, -0.15) is 0 Å². The predicted molar refractivity (Wildman–Crippen MR) is 67.0 cm³/mol. The Morgan fingerprint density at radius 2 is 1.56 bits per heavy atom. The lowest BCUT2D eigenvalue weighted by Gasteiger charge is -2.26. The minimum absolute atomic E-state index is 0.207. The minimum atomic E-state index is -0.847. The molecule has 0 heterocycles. The van der Waals surface area contributed by atoms with Gasteiger partial charge < -0.3 is 14.8 Å². The van der Waals surface area contributed by atoms with Crippen LogP contribution in [0.1, 0.15) is 40.5 Å². The maximum Gasteiger partial charge on any atom is 0.322 e. The van der Waals surface area contributed by atoms with E-state index in [-0.39, 0.29) is 19.3 Å². The van der Waals surface area contributed by atoms with E-state index in [9.17, 15) is 9.59 Å². The van der Waals surface area contributed by atoms with E-state index in [0.29, 0.717) is 0 Å². The Balaban J connectivity index is 2.83. The molecule has 5 nitrogen and oxygen atoms in total. The van der Waals surface area contributed by atoms with E-state index in [2.05, 4.69) is 5.32 Å². The van der Waals surface area contributed by atoms with Crippen LogP contribution in [0.15, 0.2) is 0 Å². The molecule has 0 aromatic carbocycles. The molecule has 1 aliphatic rings. The molecule has 0 amide bonds. The molecule has 0 aliphatic heterocycles. The average Bonchev–Trinajstić information content (AvgIpc) is 2.98. The Morgan fingerprint density at radius 1 is 1.11 bits per heavy atom. The van der Waals surface area contributed by atoms with E-state index in [4.69, 9.17) is 9.47 Å². The highest BCUT2D eigenvalue weighted by molar-refractivity contribution is 5.97. The lowest BCUT2D eigenvalue weighted by Crippen LogP contribution is -2.50. The third-order valence-corrected chi connectivity index (χ3v) is 2.96. The average molecular weight is 257 g/mol. The summed E-state index contributed by atoms with van der Waals surface area (Å²) in [7, 11) is 0. The summed E-state index contributed by atoms with van der Waals surface area (Å²) < 4.78 is 10.00. The maximum atomic E-state index is 12.0. The lowest BCUT2D eigenvalue weighted by atomic mass is 9.96. The first-order valence-corrected chi connectivity index (χ1v) is 6.57. The zero-order valence-corrected chi connectivity index (χ0v) is 11.6. The van der Waals surface area contributed by atoms with Gasteiger partial charge in [-0.3, -0.25) is 9.59 Å². The van der Waals surface area contributed by atoms with E-state index in [1.807, 2.05) is 13.8 Å². The van der Waals surface area contributed by atoms with Crippen LogP contribution in [0, 0.1) is 5.92 Å². The Bertz CT molecular complexity index is 292. The molecule has 0 saturated heterocycles. The molecule has 18 heavy (non-hydrogen) atoms. The van der Waals surface area contributed by atoms with Gasteiger partial charge in [0, 0.05) is 11.6 Å². The second-order valence-corrected chi connectivity index (χ2v) is 4.89. The highest BCUT2D eigenvalue weighted by Gasteiger charge is 2.57. The van der Waals surface area contributed by atoms with Crippen LogP contribution in [0.2, 0.25) is 0 Å². The van der Waals surface area contributed by atoms with Crippen LogP contribution >= 0.6 is 0 Å². The molecule has 0 spiro atoms. The van der Waals surface area contributed by atoms with Crippen molar-refractivity contribution in [2.24, 2.45) is 5.92 Å². The van der Waals surface area contributed by atoms with Crippen LogP contribution in [0.4, 0.5) is 0 Å². The number of carbonyl (C=O) groups excluding carboxylic acids is 2. The fourth-order valence-electron chi connectivity index (χ4n) is 2.22. The number of hydrogen-bond acceptors (Lipinski definition) is 5. The van der Waals surface area contributed by atoms with Gasteiger partial charge in [0.15, 0.2) is 5.92 Å². The molecule has 1 saturated carbocycles. The maximum absolute atomic E-state index is 12.0. The van der Waals surface area contributed by atoms with Crippen molar-refractivity contribution in [3.05, 3.63) is 0 Å². The van der Waals surface area contributed by atoms with Crippen molar-refractivity contribution in [2.75, 3.05) is 13.2 Å². The van der Waals surface area contributed by atoms with Crippen molar-refractivity contribution in [2.45, 2.75) is 52.1 Å². The molecule has 1 N–H and O–H groups in total. The zero-order valence-electron chi connectivity index (χ0n) is 11.6. The third kappa shape index (κ3) is 3.45. The van der Waals surface area contributed by atoms with Gasteiger partial charge in [0.05, 0.1) is 13.2 Å². The van der Waals surface area contributed by atoms with Crippen LogP contribution < -0.4 is 5.32 Å². The largest absolute Gasteiger partial charge is 0.465 e. The molecule has 5 heteroatoms. The zero-order chi connectivity index (χ0) is 13.8. The Morgan fingerprint density at radius 3 is 1.83 bits per heavy atom. The highest BCUT2D eigenvalue weighted by atomic mass is 16.6. The van der Waals surface area contributed by atoms with Gasteiger partial charge in [-0.25, -0.2) is 0 Å². The Kier molecular flexibility index (Phi) is 5.14. The quantitative estimate of drug-likeness (QED) is 0.549. The second-order valence-electron chi connectivity index (χ2n) is 4.89. The topological polar surface area (TPSA) is 64.6 Å². The standard InChI is InChI=1S/C13H23NO4/c1-5-17-11(15)10(12(16)18-6-2)13(7-8-13)14-9(3)4/h9-10,14H,5-8H2,1-4H3. The van der Waals surface area contributed by atoms with Crippen LogP contribution in [-0.2, 0) is 19.1 Å². The first-order valence-electron chi connectivity index (χ1n) is 6.57. The SMILES string of the molecule is CCOC(=O)C(C(=O)OCC)C1(NC(C)C)CC1. The highest BCUT2D eigenvalue weighted by Crippen LogP contribution is 2.44. The van der Waals surface area contributed by atoms with E-state index in [1.54, 1.807) is 13.8 Å². The van der Waals surface area contributed by atoms with Crippen molar-refractivity contribution in [1.29, 1.82) is 0 Å². The summed E-state index contributed by atoms with van der Waals surface area (Å²) in [4.78, 5) is 23.9. The van der Waals surface area contributed by atoms with Crippen LogP contribution in [-0.4, -0.2) is 36.7 Å². The molecule has 0 radical (unpaired) electrons. The number of ether oxygens (including phenoxy) is 2. The van der Waals surface area contributed by atoms with Crippen LogP contribution in [0.5, 0.6) is 0 Å². The lowest BCUT2D eigenvalue weighted by molar-refractivity contribution is -0.163. The summed E-state index contributed by atoms with van der Waals surface area (Å²) in [5, 5.41) is 3.31. The van der Waals surface area contributed by atoms with Crippen molar-refractivity contribution in [1.82, 2.24) is 5.32 Å². The van der Waals surface area contributed by atoms with Gasteiger partial charge in [-0.1, -0.05) is 13.8 Å². The number of esters is 2. The van der Waals surface area contributed by atoms with Gasteiger partial charge in [0.25, 0.3) is 0 Å². The van der Waals surface area contributed by atoms with Gasteiger partial charge >= 0.3 is 11.9 Å². The minimum Gasteiger partial charge on any atom is -0.465 e. The van der Waals surface area contributed by atoms with Crippen molar-refractivity contribution < 1.29 is 19.1 Å². The Labute approximate surface area is 108 Å². The molecule has 0 bridgehead atoms. The van der Waals surface area contributed by atoms with Gasteiger partial charge in [0.2, 0.25) is 0 Å². The third-order valence-electron chi connectivity index (χ3n) is 2.96. The summed E-state index contributed by atoms with van der Waals surface area (Å²) in [6.07, 6.45) is 1.60. The molecule has 1 aliphatic carbocycles. The Hall–Kier alpha value is -1.10. The van der Waals surface area contributed by atoms with Gasteiger partial charge in [-0.15, -0.1) is 0 Å². The number of rotatable bonds is 7. The fraction of sp³-hybridized carbons (Fsp3) is 0.846. The molecule has 104 valence electrons. The normalized spacial score (nSPS) is 16.8. The molecular weight excluding hydrogens is 234 g/mol. The van der Waals surface area contributed by atoms with E-state index in [0.717, 1.165) is 12.8 Å². The first-order chi connectivity index (χ1) is 8.46. The van der Waals surface area contributed by atoms with Crippen LogP contribution in [0.3, 0.4) is 0 Å². The second kappa shape index (κ2) is 6.18. The number of hydrogen-bond donors (Lipinski definition) is 1. The van der Waals surface area contributed by atoms with Crippen LogP contribution in [0.25, 0.3) is 0 Å². The van der Waals surface area contributed by atoms with E-state index >= 15 is 0 Å². The van der Waals surface area contributed by atoms with Crippen molar-refractivity contribution in [3.63, 3.8) is 0 Å². The monoisotopic (exact) mass is 257 g/mol. The van der Waals surface area contributed by atoms with E-state index < -0.39 is 23.4 Å². The van der Waals surface area contributed by atoms with Crippen molar-refractivity contribution in [3.8, 4) is 0 Å². The summed E-state index contributed by atoms with van der Waals surface area (Å²) in [6, 6.07) is 0.207.